The Kier molecular flexibility index (Phi) is 5.57. The van der Waals surface area contributed by atoms with Crippen molar-refractivity contribution >= 4 is 0 Å². The smallest absolute Gasteiger partial charge is 0.0781 e. The highest BCUT2D eigenvalue weighted by molar-refractivity contribution is 4.62. The van der Waals surface area contributed by atoms with Gasteiger partial charge in [-0.15, -0.1) is 6.58 Å². The summed E-state index contributed by atoms with van der Waals surface area (Å²) in [5.41, 5.74) is 0. The van der Waals surface area contributed by atoms with Crippen LogP contribution < -0.4 is 0 Å². The van der Waals surface area contributed by atoms with E-state index >= 15 is 0 Å². The third-order valence-electron chi connectivity index (χ3n) is 0.785. The molecule has 1 aliphatic rings. The third-order valence-corrected chi connectivity index (χ3v) is 0.785. The van der Waals surface area contributed by atoms with Gasteiger partial charge in [0.25, 0.3) is 0 Å². The lowest BCUT2D eigenvalue weighted by Gasteiger charge is -1.79. The largest absolute Gasteiger partial charge is 0.381 e. The Balaban J connectivity index is 0.000000144. The molecule has 0 aliphatic carbocycles. The van der Waals surface area contributed by atoms with Crippen molar-refractivity contribution in [3.05, 3.63) is 12.7 Å². The Morgan fingerprint density at radius 3 is 2.33 bits per heavy atom. The second-order valence-electron chi connectivity index (χ2n) is 1.89. The van der Waals surface area contributed by atoms with E-state index in [-0.39, 0.29) is 0 Å². The lowest BCUT2D eigenvalue weighted by Crippen LogP contribution is -1.76. The van der Waals surface area contributed by atoms with Crippen LogP contribution >= 0.6 is 0 Å². The standard InChI is InChI=1S/C4H8O.C3H6O/c1-3-4-5-2;1-3-2-4-3/h3H,1,4H2,2H3;3H,2H2,1H3. The molecule has 0 aromatic carbocycles. The molecule has 0 aromatic rings. The van der Waals surface area contributed by atoms with Gasteiger partial charge in [0.15, 0.2) is 0 Å². The lowest BCUT2D eigenvalue weighted by atomic mass is 10.6. The zero-order chi connectivity index (χ0) is 7.11. The molecule has 2 heteroatoms. The quantitative estimate of drug-likeness (QED) is 0.414. The summed E-state index contributed by atoms with van der Waals surface area (Å²) in [5.74, 6) is 0. The predicted octanol–water partition coefficient (Wildman–Crippen LogP) is 1.22. The van der Waals surface area contributed by atoms with Crippen LogP contribution in [0.1, 0.15) is 6.92 Å². The van der Waals surface area contributed by atoms with Gasteiger partial charge in [-0.3, -0.25) is 0 Å². The molecule has 1 aliphatic heterocycles. The zero-order valence-corrected chi connectivity index (χ0v) is 6.09. The molecule has 0 saturated carbocycles. The van der Waals surface area contributed by atoms with E-state index in [1.54, 1.807) is 13.2 Å². The first-order chi connectivity index (χ1) is 4.31. The Bertz CT molecular complexity index is 67.3. The van der Waals surface area contributed by atoms with Gasteiger partial charge in [0.2, 0.25) is 0 Å². The summed E-state index contributed by atoms with van der Waals surface area (Å²) in [4.78, 5) is 0. The van der Waals surface area contributed by atoms with Gasteiger partial charge in [-0.05, 0) is 6.92 Å². The summed E-state index contributed by atoms with van der Waals surface area (Å²) in [6, 6.07) is 0. The highest BCUT2D eigenvalue weighted by Gasteiger charge is 2.13. The molecule has 9 heavy (non-hydrogen) atoms. The fourth-order valence-corrected chi connectivity index (χ4v) is 0.214. The molecule has 1 fully saturated rings. The predicted molar refractivity (Wildman–Crippen MR) is 37.5 cm³/mol. The highest BCUT2D eigenvalue weighted by Crippen LogP contribution is 2.04. The van der Waals surface area contributed by atoms with Crippen molar-refractivity contribution in [2.45, 2.75) is 13.0 Å². The maximum atomic E-state index is 4.71. The molecule has 0 radical (unpaired) electrons. The molecular formula is C7H14O2. The summed E-state index contributed by atoms with van der Waals surface area (Å²) in [5, 5.41) is 0. The van der Waals surface area contributed by atoms with E-state index in [1.807, 2.05) is 0 Å². The number of epoxide rings is 1. The average Bonchev–Trinajstić information content (AvgIpc) is 2.55. The maximum absolute atomic E-state index is 4.71. The van der Waals surface area contributed by atoms with Crippen LogP contribution in [0.3, 0.4) is 0 Å². The number of rotatable bonds is 2. The fraction of sp³-hybridized carbons (Fsp3) is 0.714. The van der Waals surface area contributed by atoms with E-state index < -0.39 is 0 Å². The van der Waals surface area contributed by atoms with Crippen molar-refractivity contribution in [3.63, 3.8) is 0 Å². The molecular weight excluding hydrogens is 116 g/mol. The van der Waals surface area contributed by atoms with E-state index in [1.165, 1.54) is 0 Å². The SMILES string of the molecule is C=CCOC.CC1CO1. The minimum Gasteiger partial charge on any atom is -0.381 e. The van der Waals surface area contributed by atoms with Gasteiger partial charge in [-0.1, -0.05) is 6.08 Å². The van der Waals surface area contributed by atoms with Crippen LogP contribution in [0.25, 0.3) is 0 Å². The van der Waals surface area contributed by atoms with Crippen LogP contribution in [-0.4, -0.2) is 26.4 Å². The summed E-state index contributed by atoms with van der Waals surface area (Å²) in [6.07, 6.45) is 2.29. The Labute approximate surface area is 56.5 Å². The van der Waals surface area contributed by atoms with Crippen LogP contribution in [0.5, 0.6) is 0 Å². The molecule has 0 N–H and O–H groups in total. The summed E-state index contributed by atoms with van der Waals surface area (Å²) in [7, 11) is 1.64. The monoisotopic (exact) mass is 130 g/mol. The van der Waals surface area contributed by atoms with Gasteiger partial charge in [0, 0.05) is 7.11 Å². The first kappa shape index (κ1) is 8.66. The van der Waals surface area contributed by atoms with Gasteiger partial charge < -0.3 is 9.47 Å². The number of hydrogen-bond donors (Lipinski definition) is 0. The number of methoxy groups -OCH3 is 1. The van der Waals surface area contributed by atoms with Crippen LogP contribution in [0.2, 0.25) is 0 Å². The van der Waals surface area contributed by atoms with Crippen LogP contribution in [0, 0.1) is 0 Å². The molecule has 1 unspecified atom stereocenters. The first-order valence-corrected chi connectivity index (χ1v) is 3.02. The molecule has 0 aromatic heterocycles. The van der Waals surface area contributed by atoms with E-state index in [9.17, 15) is 0 Å². The van der Waals surface area contributed by atoms with Crippen molar-refractivity contribution in [2.75, 3.05) is 20.3 Å². The van der Waals surface area contributed by atoms with Gasteiger partial charge in [0.05, 0.1) is 19.3 Å². The van der Waals surface area contributed by atoms with Crippen molar-refractivity contribution in [2.24, 2.45) is 0 Å². The van der Waals surface area contributed by atoms with Gasteiger partial charge in [0.1, 0.15) is 0 Å². The topological polar surface area (TPSA) is 21.8 Å². The van der Waals surface area contributed by atoms with E-state index in [2.05, 4.69) is 18.2 Å². The summed E-state index contributed by atoms with van der Waals surface area (Å²) >= 11 is 0. The first-order valence-electron chi connectivity index (χ1n) is 3.02. The molecule has 1 heterocycles. The van der Waals surface area contributed by atoms with E-state index in [0.29, 0.717) is 12.7 Å². The maximum Gasteiger partial charge on any atom is 0.0781 e. The molecule has 0 amide bonds. The average molecular weight is 130 g/mol. The molecule has 0 bridgehead atoms. The number of hydrogen-bond acceptors (Lipinski definition) is 2. The fourth-order valence-electron chi connectivity index (χ4n) is 0.214. The molecule has 1 atom stereocenters. The summed E-state index contributed by atoms with van der Waals surface area (Å²) in [6.45, 7) is 7.12. The Morgan fingerprint density at radius 2 is 2.33 bits per heavy atom. The van der Waals surface area contributed by atoms with E-state index in [4.69, 9.17) is 4.74 Å². The van der Waals surface area contributed by atoms with Crippen LogP contribution in [0.15, 0.2) is 12.7 Å². The molecule has 1 rings (SSSR count). The Hall–Kier alpha value is -0.340. The van der Waals surface area contributed by atoms with Crippen molar-refractivity contribution in [3.8, 4) is 0 Å². The lowest BCUT2D eigenvalue weighted by molar-refractivity contribution is 0.234. The van der Waals surface area contributed by atoms with Crippen LogP contribution in [0.4, 0.5) is 0 Å². The molecule has 1 saturated heterocycles. The molecule has 2 nitrogen and oxygen atoms in total. The minimum atomic E-state index is 0.583. The zero-order valence-electron chi connectivity index (χ0n) is 6.09. The Morgan fingerprint density at radius 1 is 1.89 bits per heavy atom. The molecule has 0 spiro atoms. The van der Waals surface area contributed by atoms with Gasteiger partial charge in [-0.2, -0.15) is 0 Å². The second-order valence-corrected chi connectivity index (χ2v) is 1.89. The number of ether oxygens (including phenoxy) is 2. The normalized spacial score (nSPS) is 21.8. The third kappa shape index (κ3) is 11.3. The molecule has 54 valence electrons. The van der Waals surface area contributed by atoms with E-state index in [0.717, 1.165) is 6.61 Å². The van der Waals surface area contributed by atoms with Crippen molar-refractivity contribution in [1.29, 1.82) is 0 Å². The highest BCUT2D eigenvalue weighted by atomic mass is 16.6. The second kappa shape index (κ2) is 5.79. The van der Waals surface area contributed by atoms with Gasteiger partial charge >= 0.3 is 0 Å². The summed E-state index contributed by atoms with van der Waals surface area (Å²) < 4.78 is 9.28. The van der Waals surface area contributed by atoms with Crippen LogP contribution in [-0.2, 0) is 9.47 Å². The van der Waals surface area contributed by atoms with Crippen molar-refractivity contribution in [1.82, 2.24) is 0 Å². The van der Waals surface area contributed by atoms with Crippen molar-refractivity contribution < 1.29 is 9.47 Å². The minimum absolute atomic E-state index is 0.583. The van der Waals surface area contributed by atoms with Gasteiger partial charge in [-0.25, -0.2) is 0 Å².